The summed E-state index contributed by atoms with van der Waals surface area (Å²) in [6.45, 7) is 3.51. The Hall–Kier alpha value is -2.15. The van der Waals surface area contributed by atoms with Crippen LogP contribution in [0.4, 0.5) is 0 Å². The number of aromatic amines is 1. The Morgan fingerprint density at radius 3 is 2.57 bits per heavy atom. The number of carbonyl (C=O) groups is 1. The number of carboxylic acids is 1. The van der Waals surface area contributed by atoms with E-state index in [1.807, 2.05) is 31.2 Å². The number of nitrogens with zero attached hydrogens (tertiary/aromatic N) is 2. The van der Waals surface area contributed by atoms with E-state index in [4.69, 9.17) is 5.11 Å². The number of nitrogens with one attached hydrogen (secondary N) is 1. The maximum atomic E-state index is 11.9. The van der Waals surface area contributed by atoms with Crippen molar-refractivity contribution in [3.05, 3.63) is 51.4 Å². The lowest BCUT2D eigenvalue weighted by molar-refractivity contribution is -0.136. The predicted octanol–water partition coefficient (Wildman–Crippen LogP) is 1.63. The average Bonchev–Trinajstić information content (AvgIpc) is 2.44. The van der Waals surface area contributed by atoms with Gasteiger partial charge in [-0.25, -0.2) is 0 Å². The van der Waals surface area contributed by atoms with Gasteiger partial charge >= 0.3 is 5.97 Å². The third kappa shape index (κ3) is 4.16. The first-order valence-electron chi connectivity index (χ1n) is 6.36. The molecular weight excluding hydrogens is 290 g/mol. The Morgan fingerprint density at radius 2 is 2.00 bits per heavy atom. The molecule has 110 valence electrons. The summed E-state index contributed by atoms with van der Waals surface area (Å²) < 4.78 is 0. The largest absolute Gasteiger partial charge is 0.480 e. The predicted molar refractivity (Wildman–Crippen MR) is 79.6 cm³/mol. The minimum Gasteiger partial charge on any atom is -0.480 e. The van der Waals surface area contributed by atoms with Gasteiger partial charge in [0.05, 0.1) is 0 Å². The van der Waals surface area contributed by atoms with Crippen LogP contribution in [-0.4, -0.2) is 31.5 Å². The van der Waals surface area contributed by atoms with Crippen LogP contribution in [0.15, 0.2) is 34.2 Å². The van der Waals surface area contributed by atoms with Gasteiger partial charge in [-0.15, -0.1) is 10.2 Å². The molecule has 0 spiro atoms. The highest BCUT2D eigenvalue weighted by Crippen LogP contribution is 2.17. The minimum atomic E-state index is -0.966. The molecule has 2 N–H and O–H groups in total. The molecule has 1 heterocycles. The maximum Gasteiger partial charge on any atom is 0.316 e. The molecule has 0 saturated heterocycles. The molecule has 2 rings (SSSR count). The van der Waals surface area contributed by atoms with Gasteiger partial charge < -0.3 is 5.11 Å². The highest BCUT2D eigenvalue weighted by Gasteiger charge is 2.15. The summed E-state index contributed by atoms with van der Waals surface area (Å²) in [5.74, 6) is -0.966. The zero-order valence-electron chi connectivity index (χ0n) is 11.7. The fourth-order valence-electron chi connectivity index (χ4n) is 1.63. The number of hydrogen-bond donors (Lipinski definition) is 2. The molecule has 1 unspecified atom stereocenters. The van der Waals surface area contributed by atoms with Gasteiger partial charge in [0.15, 0.2) is 5.16 Å². The molecule has 1 atom stereocenters. The van der Waals surface area contributed by atoms with Crippen molar-refractivity contribution in [1.29, 1.82) is 0 Å². The van der Waals surface area contributed by atoms with Gasteiger partial charge in [0.2, 0.25) is 0 Å². The van der Waals surface area contributed by atoms with Crippen molar-refractivity contribution < 1.29 is 9.90 Å². The summed E-state index contributed by atoms with van der Waals surface area (Å²) in [7, 11) is 0. The Morgan fingerprint density at radius 1 is 1.33 bits per heavy atom. The number of rotatable bonds is 5. The van der Waals surface area contributed by atoms with Gasteiger partial charge in [-0.3, -0.25) is 14.6 Å². The molecule has 0 fully saturated rings. The summed E-state index contributed by atoms with van der Waals surface area (Å²) in [6, 6.07) is 7.81. The van der Waals surface area contributed by atoms with Gasteiger partial charge in [-0.2, -0.15) is 0 Å². The molecule has 0 aliphatic carbocycles. The minimum absolute atomic E-state index is 0.211. The molecule has 0 aliphatic heterocycles. The van der Waals surface area contributed by atoms with E-state index in [1.54, 1.807) is 0 Å². The van der Waals surface area contributed by atoms with Gasteiger partial charge in [0.25, 0.3) is 5.56 Å². The number of carboxylic acid groups (broad SMARTS) is 1. The number of hydrogen-bond acceptors (Lipinski definition) is 5. The quantitative estimate of drug-likeness (QED) is 0.815. The van der Waals surface area contributed by atoms with Crippen LogP contribution < -0.4 is 5.56 Å². The summed E-state index contributed by atoms with van der Waals surface area (Å²) in [4.78, 5) is 25.3. The molecule has 0 amide bonds. The molecule has 21 heavy (non-hydrogen) atoms. The lowest BCUT2D eigenvalue weighted by Gasteiger charge is -2.05. The number of H-pyrrole nitrogens is 1. The zero-order chi connectivity index (χ0) is 15.4. The van der Waals surface area contributed by atoms with Crippen molar-refractivity contribution in [3.8, 4) is 0 Å². The first kappa shape index (κ1) is 15.2. The van der Waals surface area contributed by atoms with Crippen LogP contribution in [0.25, 0.3) is 0 Å². The van der Waals surface area contributed by atoms with E-state index in [0.29, 0.717) is 12.1 Å². The van der Waals surface area contributed by atoms with E-state index in [-0.39, 0.29) is 10.7 Å². The lowest BCUT2D eigenvalue weighted by atomic mass is 10.1. The third-order valence-electron chi connectivity index (χ3n) is 2.87. The molecular formula is C14H15N3O3S. The van der Waals surface area contributed by atoms with Crippen LogP contribution in [0.5, 0.6) is 0 Å². The normalized spacial score (nSPS) is 12.1. The Labute approximate surface area is 125 Å². The zero-order valence-corrected chi connectivity index (χ0v) is 12.5. The number of aliphatic carboxylic acids is 1. The summed E-state index contributed by atoms with van der Waals surface area (Å²) >= 11 is 0.954. The molecule has 0 saturated carbocycles. The first-order chi connectivity index (χ1) is 9.95. The number of benzene rings is 1. The number of aryl methyl sites for hydroxylation is 1. The van der Waals surface area contributed by atoms with Crippen molar-refractivity contribution in [2.24, 2.45) is 0 Å². The number of aromatic nitrogens is 3. The lowest BCUT2D eigenvalue weighted by Crippen LogP contribution is -2.19. The van der Waals surface area contributed by atoms with Crippen molar-refractivity contribution in [1.82, 2.24) is 15.2 Å². The monoisotopic (exact) mass is 305 g/mol. The van der Waals surface area contributed by atoms with Crippen LogP contribution in [0.3, 0.4) is 0 Å². The van der Waals surface area contributed by atoms with Crippen LogP contribution in [0.2, 0.25) is 0 Å². The molecule has 0 bridgehead atoms. The second-order valence-corrected chi connectivity index (χ2v) is 6.00. The Bertz CT molecular complexity index is 697. The van der Waals surface area contributed by atoms with E-state index in [9.17, 15) is 9.59 Å². The van der Waals surface area contributed by atoms with Crippen molar-refractivity contribution in [2.45, 2.75) is 30.7 Å². The van der Waals surface area contributed by atoms with Crippen molar-refractivity contribution in [3.63, 3.8) is 0 Å². The second kappa shape index (κ2) is 6.53. The summed E-state index contributed by atoms with van der Waals surface area (Å²) in [5, 5.41) is 16.1. The van der Waals surface area contributed by atoms with E-state index in [2.05, 4.69) is 15.2 Å². The fourth-order valence-corrected chi connectivity index (χ4v) is 2.31. The van der Waals surface area contributed by atoms with Gasteiger partial charge in [-0.1, -0.05) is 41.6 Å². The highest BCUT2D eigenvalue weighted by atomic mass is 32.2. The van der Waals surface area contributed by atoms with E-state index < -0.39 is 11.2 Å². The van der Waals surface area contributed by atoms with Gasteiger partial charge in [0.1, 0.15) is 10.9 Å². The average molecular weight is 305 g/mol. The van der Waals surface area contributed by atoms with E-state index >= 15 is 0 Å². The van der Waals surface area contributed by atoms with Crippen LogP contribution >= 0.6 is 11.8 Å². The molecule has 7 heteroatoms. The van der Waals surface area contributed by atoms with Crippen molar-refractivity contribution >= 4 is 17.7 Å². The summed E-state index contributed by atoms with van der Waals surface area (Å²) in [6.07, 6.45) is 0.391. The van der Waals surface area contributed by atoms with Gasteiger partial charge in [0, 0.05) is 6.42 Å². The standard InChI is InChI=1S/C14H15N3O3S/c1-8-3-5-10(6-4-8)7-11-12(18)15-14(17-16-11)21-9(2)13(19)20/h3-6,9H,7H2,1-2H3,(H,19,20)(H,15,17,18). The van der Waals surface area contributed by atoms with Crippen LogP contribution in [0, 0.1) is 6.92 Å². The third-order valence-corrected chi connectivity index (χ3v) is 3.83. The second-order valence-electron chi connectivity index (χ2n) is 4.67. The smallest absolute Gasteiger partial charge is 0.316 e. The summed E-state index contributed by atoms with van der Waals surface area (Å²) in [5.41, 5.74) is 2.09. The highest BCUT2D eigenvalue weighted by molar-refractivity contribution is 8.00. The maximum absolute atomic E-state index is 11.9. The van der Waals surface area contributed by atoms with Crippen LogP contribution in [-0.2, 0) is 11.2 Å². The van der Waals surface area contributed by atoms with E-state index in [0.717, 1.165) is 22.9 Å². The fraction of sp³-hybridized carbons (Fsp3) is 0.286. The molecule has 1 aromatic heterocycles. The molecule has 0 aliphatic rings. The van der Waals surface area contributed by atoms with E-state index in [1.165, 1.54) is 6.92 Å². The molecule has 1 aromatic carbocycles. The topological polar surface area (TPSA) is 95.9 Å². The molecule has 0 radical (unpaired) electrons. The first-order valence-corrected chi connectivity index (χ1v) is 7.24. The Balaban J connectivity index is 2.14. The molecule has 2 aromatic rings. The number of thioether (sulfide) groups is 1. The van der Waals surface area contributed by atoms with Crippen LogP contribution in [0.1, 0.15) is 23.7 Å². The van der Waals surface area contributed by atoms with Crippen molar-refractivity contribution in [2.75, 3.05) is 0 Å². The molecule has 6 nitrogen and oxygen atoms in total. The van der Waals surface area contributed by atoms with Gasteiger partial charge in [-0.05, 0) is 19.4 Å². The SMILES string of the molecule is Cc1ccc(Cc2nnc(SC(C)C(=O)O)[nH]c2=O)cc1. The Kier molecular flexibility index (Phi) is 4.74.